The van der Waals surface area contributed by atoms with Crippen molar-refractivity contribution in [3.63, 3.8) is 0 Å². The molecule has 0 aromatic heterocycles. The van der Waals surface area contributed by atoms with Crippen LogP contribution in [-0.4, -0.2) is 11.3 Å². The predicted octanol–water partition coefficient (Wildman–Crippen LogP) is 6.20. The summed E-state index contributed by atoms with van der Waals surface area (Å²) in [6, 6.07) is 45.4. The molecule has 4 aromatic rings. The fraction of sp³-hybridized carbons (Fsp3) is 0.161. The van der Waals surface area contributed by atoms with E-state index in [9.17, 15) is 0 Å². The van der Waals surface area contributed by atoms with Gasteiger partial charge in [-0.3, -0.25) is 0 Å². The summed E-state index contributed by atoms with van der Waals surface area (Å²) in [4.78, 5) is 0. The van der Waals surface area contributed by atoms with Crippen LogP contribution in [-0.2, 0) is 0 Å². The van der Waals surface area contributed by atoms with Gasteiger partial charge >= 0.3 is 0 Å². The Morgan fingerprint density at radius 2 is 0.667 bits per heavy atom. The molecule has 4 atom stereocenters. The molecular weight excluding hydrogens is 434 g/mol. The van der Waals surface area contributed by atoms with Crippen LogP contribution in [0.4, 0.5) is 0 Å². The minimum Gasteiger partial charge on any atom is -0.0844 e. The van der Waals surface area contributed by atoms with E-state index in [4.69, 9.17) is 0 Å². The number of hydrogen-bond acceptors (Lipinski definition) is 0. The molecule has 0 nitrogen and oxygen atoms in total. The van der Waals surface area contributed by atoms with Gasteiger partial charge in [-0.2, -0.15) is 0 Å². The van der Waals surface area contributed by atoms with Gasteiger partial charge in [0.15, 0.2) is 0 Å². The van der Waals surface area contributed by atoms with Gasteiger partial charge in [0.1, 0.15) is 0 Å². The molecule has 1 unspecified atom stereocenters. The van der Waals surface area contributed by atoms with Crippen molar-refractivity contribution in [2.24, 2.45) is 11.8 Å². The van der Waals surface area contributed by atoms with E-state index >= 15 is 0 Å². The molecule has 2 bridgehead atoms. The molecule has 4 aromatic carbocycles. The zero-order valence-electron chi connectivity index (χ0n) is 18.6. The second-order valence-electron chi connectivity index (χ2n) is 9.01. The Morgan fingerprint density at radius 1 is 0.394 bits per heavy atom. The van der Waals surface area contributed by atoms with Crippen molar-refractivity contribution in [2.45, 2.75) is 17.7 Å². The molecule has 0 heterocycles. The highest BCUT2D eigenvalue weighted by Crippen LogP contribution is 2.64. The highest BCUT2D eigenvalue weighted by molar-refractivity contribution is 7.77. The van der Waals surface area contributed by atoms with Gasteiger partial charge in [0.05, 0.1) is 0 Å². The Kier molecular flexibility index (Phi) is 5.98. The molecule has 0 N–H and O–H groups in total. The number of hydrogen-bond donors (Lipinski definition) is 0. The minimum absolute atomic E-state index is 0.454. The van der Waals surface area contributed by atoms with Crippen molar-refractivity contribution < 1.29 is 0 Å². The summed E-state index contributed by atoms with van der Waals surface area (Å²) in [5.41, 5.74) is 1.32. The first kappa shape index (κ1) is 21.0. The molecule has 1 fully saturated rings. The van der Waals surface area contributed by atoms with Crippen LogP contribution in [0.3, 0.4) is 0 Å². The lowest BCUT2D eigenvalue weighted by Crippen LogP contribution is -2.37. The lowest BCUT2D eigenvalue weighted by atomic mass is 10.1. The highest BCUT2D eigenvalue weighted by Gasteiger charge is 2.51. The van der Waals surface area contributed by atoms with Gasteiger partial charge in [-0.15, -0.1) is 0 Å². The summed E-state index contributed by atoms with van der Waals surface area (Å²) in [5.74, 6) is 1.34. The second-order valence-corrected chi connectivity index (χ2v) is 13.7. The number of benzene rings is 4. The third-order valence-corrected chi connectivity index (χ3v) is 13.4. The van der Waals surface area contributed by atoms with E-state index in [1.54, 1.807) is 0 Å². The molecule has 0 amide bonds. The first-order valence-electron chi connectivity index (χ1n) is 11.9. The summed E-state index contributed by atoms with van der Waals surface area (Å²) in [6.07, 6.45) is 6.42. The third kappa shape index (κ3) is 4.01. The van der Waals surface area contributed by atoms with Crippen LogP contribution < -0.4 is 21.2 Å². The van der Waals surface area contributed by atoms with E-state index in [2.05, 4.69) is 133 Å². The first-order valence-corrected chi connectivity index (χ1v) is 14.7. The molecule has 33 heavy (non-hydrogen) atoms. The molecule has 162 valence electrons. The molecule has 2 aliphatic rings. The van der Waals surface area contributed by atoms with Gasteiger partial charge in [0, 0.05) is 11.3 Å². The van der Waals surface area contributed by atoms with E-state index in [0.717, 1.165) is 0 Å². The Hall–Kier alpha value is -2.52. The Morgan fingerprint density at radius 3 is 0.939 bits per heavy atom. The van der Waals surface area contributed by atoms with E-state index < -0.39 is 15.8 Å². The van der Waals surface area contributed by atoms with Gasteiger partial charge in [-0.05, 0) is 55.3 Å². The van der Waals surface area contributed by atoms with Crippen LogP contribution in [0.25, 0.3) is 0 Å². The van der Waals surface area contributed by atoms with Crippen molar-refractivity contribution in [1.82, 2.24) is 0 Å². The summed E-state index contributed by atoms with van der Waals surface area (Å²) in [5, 5.41) is 6.08. The largest absolute Gasteiger partial charge is 0.0844 e. The summed E-state index contributed by atoms with van der Waals surface area (Å²) >= 11 is 0. The number of rotatable bonds is 6. The lowest BCUT2D eigenvalue weighted by molar-refractivity contribution is 0.695. The standard InChI is InChI=1S/C31H28P2/c1-5-13-26(14-6-1)32(27-15-7-2-8-16-27)30-24-21-22-25(23-24)31(30)33(28-17-9-3-10-18-28)29-19-11-4-12-20-29/h1-22,24-25,30-31H,23H2/t24-,25?,30-,31-/m1/s1. The summed E-state index contributed by atoms with van der Waals surface area (Å²) in [6.45, 7) is 0. The molecule has 0 spiro atoms. The normalized spacial score (nSPS) is 23.5. The molecule has 2 aliphatic carbocycles. The maximum Gasteiger partial charge on any atom is 0.00137 e. The van der Waals surface area contributed by atoms with E-state index in [1.807, 2.05) is 0 Å². The van der Waals surface area contributed by atoms with Gasteiger partial charge in [-0.25, -0.2) is 0 Å². The smallest absolute Gasteiger partial charge is 0.00137 e. The average Bonchev–Trinajstić information content (AvgIpc) is 3.50. The molecule has 6 rings (SSSR count). The average molecular weight is 463 g/mol. The van der Waals surface area contributed by atoms with Crippen LogP contribution >= 0.6 is 15.8 Å². The topological polar surface area (TPSA) is 0 Å². The number of fused-ring (bicyclic) bond motifs is 2. The Balaban J connectivity index is 1.52. The van der Waals surface area contributed by atoms with Crippen molar-refractivity contribution >= 4 is 37.1 Å². The molecule has 1 saturated carbocycles. The third-order valence-electron chi connectivity index (χ3n) is 7.11. The summed E-state index contributed by atoms with van der Waals surface area (Å²) in [7, 11) is -0.909. The molecule has 0 radical (unpaired) electrons. The predicted molar refractivity (Wildman–Crippen MR) is 146 cm³/mol. The monoisotopic (exact) mass is 462 g/mol. The lowest BCUT2D eigenvalue weighted by Gasteiger charge is -2.40. The molecular formula is C31H28P2. The van der Waals surface area contributed by atoms with Crippen molar-refractivity contribution in [2.75, 3.05) is 0 Å². The van der Waals surface area contributed by atoms with Gasteiger partial charge < -0.3 is 0 Å². The first-order chi connectivity index (χ1) is 16.4. The van der Waals surface area contributed by atoms with Crippen LogP contribution in [0.2, 0.25) is 0 Å². The van der Waals surface area contributed by atoms with Crippen LogP contribution in [0.1, 0.15) is 6.42 Å². The highest BCUT2D eigenvalue weighted by atomic mass is 31.1. The van der Waals surface area contributed by atoms with Gasteiger partial charge in [-0.1, -0.05) is 133 Å². The van der Waals surface area contributed by atoms with E-state index in [0.29, 0.717) is 23.2 Å². The quantitative estimate of drug-likeness (QED) is 0.237. The zero-order chi connectivity index (χ0) is 22.0. The fourth-order valence-corrected chi connectivity index (χ4v) is 12.8. The maximum absolute atomic E-state index is 2.55. The van der Waals surface area contributed by atoms with E-state index in [-0.39, 0.29) is 0 Å². The fourth-order valence-electron chi connectivity index (χ4n) is 5.80. The Labute approximate surface area is 199 Å². The maximum atomic E-state index is 2.55. The molecule has 2 heteroatoms. The van der Waals surface area contributed by atoms with Crippen molar-refractivity contribution in [3.8, 4) is 0 Å². The van der Waals surface area contributed by atoms with Crippen LogP contribution in [0.15, 0.2) is 133 Å². The Bertz CT molecular complexity index is 1030. The van der Waals surface area contributed by atoms with Crippen LogP contribution in [0.5, 0.6) is 0 Å². The second kappa shape index (κ2) is 9.38. The minimum atomic E-state index is -0.454. The zero-order valence-corrected chi connectivity index (χ0v) is 20.4. The number of allylic oxidation sites excluding steroid dienone is 2. The van der Waals surface area contributed by atoms with Gasteiger partial charge in [0.2, 0.25) is 0 Å². The molecule has 0 aliphatic heterocycles. The SMILES string of the molecule is C1=C[C@@H]2CC1[C@@H](P(c1ccccc1)c1ccccc1)[C@@H]2P(c1ccccc1)c1ccccc1. The van der Waals surface area contributed by atoms with Crippen LogP contribution in [0, 0.1) is 11.8 Å². The van der Waals surface area contributed by atoms with Crippen molar-refractivity contribution in [1.29, 1.82) is 0 Å². The summed E-state index contributed by atoms with van der Waals surface area (Å²) < 4.78 is 0. The van der Waals surface area contributed by atoms with E-state index in [1.165, 1.54) is 27.6 Å². The van der Waals surface area contributed by atoms with Crippen molar-refractivity contribution in [3.05, 3.63) is 133 Å². The van der Waals surface area contributed by atoms with Gasteiger partial charge in [0.25, 0.3) is 0 Å². The molecule has 0 saturated heterocycles.